The van der Waals surface area contributed by atoms with Crippen LogP contribution in [0.3, 0.4) is 0 Å². The van der Waals surface area contributed by atoms with E-state index in [1.54, 1.807) is 0 Å². The number of hydrogen-bond donors (Lipinski definition) is 0. The van der Waals surface area contributed by atoms with E-state index in [9.17, 15) is 0 Å². The SMILES string of the molecule is CC1(C)c2ccccc2-c2nc3ccc4ccccc4c3c(-c3ccc(-c4ccc5ccc6c(-c7ccc8c9c(cccc79)-c7ccccc7-8)ccc7ccc4c5c76)cc3)c21. The van der Waals surface area contributed by atoms with Gasteiger partial charge >= 0.3 is 0 Å². The maximum atomic E-state index is 5.43. The molecule has 0 unspecified atom stereocenters. The molecular weight excluding hydrogens is 735 g/mol. The van der Waals surface area contributed by atoms with Gasteiger partial charge in [0.15, 0.2) is 0 Å². The molecule has 1 heterocycles. The minimum absolute atomic E-state index is 0.208. The van der Waals surface area contributed by atoms with E-state index in [1.807, 2.05) is 0 Å². The highest BCUT2D eigenvalue weighted by Crippen LogP contribution is 2.55. The first-order valence-corrected chi connectivity index (χ1v) is 21.5. The lowest BCUT2D eigenvalue weighted by molar-refractivity contribution is 0.662. The standard InChI is InChI=1S/C60H37N/c1-60(2)51-17-8-7-14-50(51)59-58(60)55(57-40-11-4-3-10-34(40)26-33-52(57)61-59)38-20-18-35(19-21-38)39-27-22-36-25-30-48-43(28-23-37-24-29-47(39)53(36)54(37)48)44-31-32-49-42-13-6-5-12-41(42)45-15-9-16-46(44)56(45)49/h3-33H,1-2H3. The molecule has 0 radical (unpaired) electrons. The molecule has 1 nitrogen and oxygen atoms in total. The predicted octanol–water partition coefficient (Wildman–Crippen LogP) is 16.4. The molecular formula is C60H37N. The van der Waals surface area contributed by atoms with Gasteiger partial charge in [0.2, 0.25) is 0 Å². The number of pyridine rings is 1. The van der Waals surface area contributed by atoms with E-state index in [0.717, 1.165) is 11.2 Å². The van der Waals surface area contributed by atoms with Crippen molar-refractivity contribution in [2.75, 3.05) is 0 Å². The summed E-state index contributed by atoms with van der Waals surface area (Å²) in [6.45, 7) is 4.74. The summed E-state index contributed by atoms with van der Waals surface area (Å²) in [5.74, 6) is 0. The Kier molecular flexibility index (Phi) is 6.42. The third-order valence-corrected chi connectivity index (χ3v) is 14.3. The number of rotatable bonds is 3. The van der Waals surface area contributed by atoms with Gasteiger partial charge in [-0.3, -0.25) is 0 Å². The molecule has 1 heteroatoms. The summed E-state index contributed by atoms with van der Waals surface area (Å²) in [6.07, 6.45) is 0. The highest BCUT2D eigenvalue weighted by atomic mass is 14.7. The molecule has 1 aromatic heterocycles. The quantitative estimate of drug-likeness (QED) is 0.163. The van der Waals surface area contributed by atoms with Crippen molar-refractivity contribution < 1.29 is 0 Å². The van der Waals surface area contributed by atoms with E-state index < -0.39 is 0 Å². The number of nitrogens with zero attached hydrogens (tertiary/aromatic N) is 1. The van der Waals surface area contributed by atoms with E-state index in [1.165, 1.54) is 132 Å². The van der Waals surface area contributed by atoms with Gasteiger partial charge in [0, 0.05) is 16.4 Å². The van der Waals surface area contributed by atoms with Crippen LogP contribution in [0.1, 0.15) is 25.0 Å². The molecule has 2 aliphatic carbocycles. The molecule has 14 rings (SSSR count). The minimum atomic E-state index is -0.208. The first-order valence-electron chi connectivity index (χ1n) is 21.5. The Bertz CT molecular complexity index is 3860. The second-order valence-corrected chi connectivity index (χ2v) is 17.7. The first kappa shape index (κ1) is 33.2. The van der Waals surface area contributed by atoms with Crippen LogP contribution in [-0.2, 0) is 5.41 Å². The molecule has 0 amide bonds. The van der Waals surface area contributed by atoms with Crippen LogP contribution in [0.4, 0.5) is 0 Å². The summed E-state index contributed by atoms with van der Waals surface area (Å²) in [5.41, 5.74) is 18.7. The van der Waals surface area contributed by atoms with Crippen LogP contribution in [0.5, 0.6) is 0 Å². The summed E-state index contributed by atoms with van der Waals surface area (Å²) in [5, 5.41) is 14.2. The third kappa shape index (κ3) is 4.32. The summed E-state index contributed by atoms with van der Waals surface area (Å²) >= 11 is 0. The van der Waals surface area contributed by atoms with Gasteiger partial charge in [0.25, 0.3) is 0 Å². The zero-order valence-electron chi connectivity index (χ0n) is 33.8. The number of hydrogen-bond acceptors (Lipinski definition) is 1. The van der Waals surface area contributed by atoms with Crippen molar-refractivity contribution in [3.63, 3.8) is 0 Å². The molecule has 282 valence electrons. The molecule has 0 bridgehead atoms. The fourth-order valence-corrected chi connectivity index (χ4v) is 11.6. The second-order valence-electron chi connectivity index (χ2n) is 17.7. The summed E-state index contributed by atoms with van der Waals surface area (Å²) in [6, 6.07) is 70.5. The Morgan fingerprint density at radius 3 is 1.62 bits per heavy atom. The predicted molar refractivity (Wildman–Crippen MR) is 259 cm³/mol. The lowest BCUT2D eigenvalue weighted by Crippen LogP contribution is -2.16. The maximum Gasteiger partial charge on any atom is 0.0759 e. The Morgan fingerprint density at radius 1 is 0.328 bits per heavy atom. The van der Waals surface area contributed by atoms with Crippen molar-refractivity contribution >= 4 is 64.8 Å². The van der Waals surface area contributed by atoms with Gasteiger partial charge in [0.1, 0.15) is 0 Å². The maximum absolute atomic E-state index is 5.43. The molecule has 2 aliphatic rings. The van der Waals surface area contributed by atoms with E-state index >= 15 is 0 Å². The van der Waals surface area contributed by atoms with Crippen LogP contribution in [0.2, 0.25) is 0 Å². The zero-order valence-corrected chi connectivity index (χ0v) is 33.8. The Labute approximate surface area is 353 Å². The van der Waals surface area contributed by atoms with Gasteiger partial charge in [-0.15, -0.1) is 0 Å². The number of aromatic nitrogens is 1. The minimum Gasteiger partial charge on any atom is -0.247 e. The summed E-state index contributed by atoms with van der Waals surface area (Å²) < 4.78 is 0. The molecule has 61 heavy (non-hydrogen) atoms. The monoisotopic (exact) mass is 771 g/mol. The van der Waals surface area contributed by atoms with Crippen LogP contribution >= 0.6 is 0 Å². The van der Waals surface area contributed by atoms with E-state index in [2.05, 4.69) is 202 Å². The van der Waals surface area contributed by atoms with Crippen molar-refractivity contribution in [1.82, 2.24) is 4.98 Å². The van der Waals surface area contributed by atoms with Gasteiger partial charge in [-0.25, -0.2) is 4.98 Å². The number of fused-ring (bicyclic) bond motifs is 9. The van der Waals surface area contributed by atoms with Crippen molar-refractivity contribution in [1.29, 1.82) is 0 Å². The molecule has 0 N–H and O–H groups in total. The Balaban J connectivity index is 0.956. The van der Waals surface area contributed by atoms with Crippen LogP contribution < -0.4 is 0 Å². The van der Waals surface area contributed by atoms with Crippen LogP contribution in [-0.4, -0.2) is 4.98 Å². The summed E-state index contributed by atoms with van der Waals surface area (Å²) in [7, 11) is 0. The Hall–Kier alpha value is -7.61. The average molecular weight is 772 g/mol. The zero-order chi connectivity index (χ0) is 40.1. The molecule has 0 aliphatic heterocycles. The molecule has 0 atom stereocenters. The van der Waals surface area contributed by atoms with E-state index in [-0.39, 0.29) is 5.41 Å². The van der Waals surface area contributed by atoms with Gasteiger partial charge < -0.3 is 0 Å². The second kappa shape index (κ2) is 11.8. The molecule has 0 saturated heterocycles. The fraction of sp³-hybridized carbons (Fsp3) is 0.0500. The van der Waals surface area contributed by atoms with Crippen molar-refractivity contribution in [2.45, 2.75) is 19.3 Å². The van der Waals surface area contributed by atoms with Crippen molar-refractivity contribution in [3.8, 4) is 66.9 Å². The molecule has 12 aromatic rings. The largest absolute Gasteiger partial charge is 0.247 e. The van der Waals surface area contributed by atoms with Crippen LogP contribution in [0.25, 0.3) is 132 Å². The molecule has 0 spiro atoms. The van der Waals surface area contributed by atoms with Crippen molar-refractivity contribution in [2.24, 2.45) is 0 Å². The van der Waals surface area contributed by atoms with Crippen LogP contribution in [0.15, 0.2) is 188 Å². The van der Waals surface area contributed by atoms with Crippen LogP contribution in [0, 0.1) is 0 Å². The van der Waals surface area contributed by atoms with Gasteiger partial charge in [-0.2, -0.15) is 0 Å². The molecule has 11 aromatic carbocycles. The smallest absolute Gasteiger partial charge is 0.0759 e. The lowest BCUT2D eigenvalue weighted by atomic mass is 9.78. The molecule has 0 fully saturated rings. The number of benzene rings is 11. The van der Waals surface area contributed by atoms with Gasteiger partial charge in [0.05, 0.1) is 11.2 Å². The normalized spacial score (nSPS) is 13.5. The highest BCUT2D eigenvalue weighted by Gasteiger charge is 2.40. The molecule has 0 saturated carbocycles. The van der Waals surface area contributed by atoms with E-state index in [0.29, 0.717) is 0 Å². The topological polar surface area (TPSA) is 12.9 Å². The lowest BCUT2D eigenvalue weighted by Gasteiger charge is -2.26. The van der Waals surface area contributed by atoms with Gasteiger partial charge in [-0.05, 0) is 127 Å². The summed E-state index contributed by atoms with van der Waals surface area (Å²) in [4.78, 5) is 5.43. The first-order chi connectivity index (χ1) is 30.0. The fourth-order valence-electron chi connectivity index (χ4n) is 11.6. The van der Waals surface area contributed by atoms with E-state index in [4.69, 9.17) is 4.98 Å². The Morgan fingerprint density at radius 2 is 0.852 bits per heavy atom. The van der Waals surface area contributed by atoms with Gasteiger partial charge in [-0.1, -0.05) is 196 Å². The van der Waals surface area contributed by atoms with Crippen molar-refractivity contribution in [3.05, 3.63) is 199 Å². The third-order valence-electron chi connectivity index (χ3n) is 14.3. The average Bonchev–Trinajstić information content (AvgIpc) is 3.76. The highest BCUT2D eigenvalue weighted by molar-refractivity contribution is 6.29.